The molecule has 1 saturated carbocycles. The highest BCUT2D eigenvalue weighted by molar-refractivity contribution is 5.79. The number of hydrogen-bond acceptors (Lipinski definition) is 3. The second kappa shape index (κ2) is 5.03. The summed E-state index contributed by atoms with van der Waals surface area (Å²) in [4.78, 5) is 6.59. The van der Waals surface area contributed by atoms with Crippen LogP contribution in [0.2, 0.25) is 0 Å². The molecule has 1 aliphatic rings. The number of hydrazine groups is 1. The quantitative estimate of drug-likeness (QED) is 0.346. The van der Waals surface area contributed by atoms with Gasteiger partial charge in [-0.1, -0.05) is 0 Å². The molecule has 0 unspecified atom stereocenters. The number of rotatable bonds is 4. The summed E-state index contributed by atoms with van der Waals surface area (Å²) in [5.74, 6) is 7.17. The summed E-state index contributed by atoms with van der Waals surface area (Å²) < 4.78 is 5.32. The Morgan fingerprint density at radius 1 is 1.69 bits per heavy atom. The van der Waals surface area contributed by atoms with E-state index in [1.165, 1.54) is 12.8 Å². The highest BCUT2D eigenvalue weighted by atomic mass is 16.3. The summed E-state index contributed by atoms with van der Waals surface area (Å²) in [6.07, 6.45) is 4.02. The van der Waals surface area contributed by atoms with E-state index < -0.39 is 0 Å². The Morgan fingerprint density at radius 2 is 2.50 bits per heavy atom. The molecule has 5 nitrogen and oxygen atoms in total. The van der Waals surface area contributed by atoms with E-state index in [1.54, 1.807) is 6.26 Å². The predicted molar refractivity (Wildman–Crippen MR) is 62.6 cm³/mol. The topological polar surface area (TPSA) is 66.8 Å². The van der Waals surface area contributed by atoms with Crippen LogP contribution in [0.3, 0.4) is 0 Å². The monoisotopic (exact) mass is 222 g/mol. The van der Waals surface area contributed by atoms with Crippen molar-refractivity contribution in [2.75, 3.05) is 6.54 Å². The number of nitrogens with one attached hydrogen (secondary N) is 1. The van der Waals surface area contributed by atoms with Crippen LogP contribution in [0.4, 0.5) is 0 Å². The minimum Gasteiger partial charge on any atom is -0.467 e. The molecule has 0 aliphatic heterocycles. The molecule has 1 fully saturated rings. The Kier molecular flexibility index (Phi) is 3.46. The first kappa shape index (κ1) is 11.0. The van der Waals surface area contributed by atoms with Gasteiger partial charge in [0.05, 0.1) is 18.8 Å². The van der Waals surface area contributed by atoms with Crippen LogP contribution in [-0.4, -0.2) is 23.4 Å². The Morgan fingerprint density at radius 3 is 3.00 bits per heavy atom. The van der Waals surface area contributed by atoms with Crippen molar-refractivity contribution in [3.8, 4) is 0 Å². The summed E-state index contributed by atoms with van der Waals surface area (Å²) in [6.45, 7) is 3.61. The minimum absolute atomic E-state index is 0.455. The lowest BCUT2D eigenvalue weighted by Gasteiger charge is -2.22. The van der Waals surface area contributed by atoms with Crippen molar-refractivity contribution in [2.45, 2.75) is 32.4 Å². The van der Waals surface area contributed by atoms with Crippen molar-refractivity contribution in [1.29, 1.82) is 0 Å². The fraction of sp³-hybridized carbons (Fsp3) is 0.545. The molecule has 2 rings (SSSR count). The maximum atomic E-state index is 5.50. The van der Waals surface area contributed by atoms with Crippen LogP contribution in [-0.2, 0) is 6.54 Å². The first-order valence-electron chi connectivity index (χ1n) is 5.65. The molecule has 16 heavy (non-hydrogen) atoms. The molecule has 0 amide bonds. The van der Waals surface area contributed by atoms with E-state index in [1.807, 2.05) is 12.1 Å². The zero-order valence-corrected chi connectivity index (χ0v) is 9.52. The van der Waals surface area contributed by atoms with Crippen LogP contribution < -0.4 is 11.3 Å². The summed E-state index contributed by atoms with van der Waals surface area (Å²) in [5, 5.41) is 0. The van der Waals surface area contributed by atoms with E-state index in [4.69, 9.17) is 10.3 Å². The van der Waals surface area contributed by atoms with Crippen LogP contribution in [0.1, 0.15) is 25.5 Å². The van der Waals surface area contributed by atoms with Crippen molar-refractivity contribution in [2.24, 2.45) is 10.8 Å². The average Bonchev–Trinajstić information content (AvgIpc) is 2.98. The Hall–Kier alpha value is -1.49. The van der Waals surface area contributed by atoms with Crippen LogP contribution in [0.15, 0.2) is 27.8 Å². The molecule has 1 aromatic rings. The zero-order chi connectivity index (χ0) is 11.4. The van der Waals surface area contributed by atoms with Gasteiger partial charge in [-0.05, 0) is 31.9 Å². The SMILES string of the molecule is CCN(Cc1ccco1)C(=NC1CC1)NN. The summed E-state index contributed by atoms with van der Waals surface area (Å²) in [6, 6.07) is 4.29. The van der Waals surface area contributed by atoms with E-state index in [0.717, 1.165) is 18.3 Å². The fourth-order valence-electron chi connectivity index (χ4n) is 1.51. The van der Waals surface area contributed by atoms with Crippen molar-refractivity contribution >= 4 is 5.96 Å². The summed E-state index contributed by atoms with van der Waals surface area (Å²) in [5.41, 5.74) is 2.67. The number of aliphatic imine (C=N–C) groups is 1. The minimum atomic E-state index is 0.455. The first-order valence-corrected chi connectivity index (χ1v) is 5.65. The maximum absolute atomic E-state index is 5.50. The molecular weight excluding hydrogens is 204 g/mol. The van der Waals surface area contributed by atoms with Gasteiger partial charge in [-0.2, -0.15) is 0 Å². The Labute approximate surface area is 95.3 Å². The maximum Gasteiger partial charge on any atom is 0.209 e. The van der Waals surface area contributed by atoms with Gasteiger partial charge in [0.2, 0.25) is 5.96 Å². The van der Waals surface area contributed by atoms with Gasteiger partial charge in [-0.3, -0.25) is 5.43 Å². The Bertz CT molecular complexity index is 343. The summed E-state index contributed by atoms with van der Waals surface area (Å²) >= 11 is 0. The molecule has 0 radical (unpaired) electrons. The van der Waals surface area contributed by atoms with Gasteiger partial charge >= 0.3 is 0 Å². The third kappa shape index (κ3) is 2.76. The number of furan rings is 1. The van der Waals surface area contributed by atoms with Gasteiger partial charge in [0.15, 0.2) is 0 Å². The first-order chi connectivity index (χ1) is 7.83. The van der Waals surface area contributed by atoms with Crippen molar-refractivity contribution in [1.82, 2.24) is 10.3 Å². The standard InChI is InChI=1S/C11H18N4O/c1-2-15(8-10-4-3-7-16-10)11(14-12)13-9-5-6-9/h3-4,7,9H,2,5-6,8,12H2,1H3,(H,13,14). The third-order valence-electron chi connectivity index (χ3n) is 2.59. The van der Waals surface area contributed by atoms with Crippen molar-refractivity contribution < 1.29 is 4.42 Å². The zero-order valence-electron chi connectivity index (χ0n) is 9.52. The van der Waals surface area contributed by atoms with E-state index in [9.17, 15) is 0 Å². The molecule has 0 bridgehead atoms. The highest BCUT2D eigenvalue weighted by Gasteiger charge is 2.22. The second-order valence-corrected chi connectivity index (χ2v) is 3.92. The molecule has 1 aliphatic carbocycles. The molecule has 0 aromatic carbocycles. The van der Waals surface area contributed by atoms with Gasteiger partial charge in [0.1, 0.15) is 5.76 Å². The highest BCUT2D eigenvalue weighted by Crippen LogP contribution is 2.23. The normalized spacial score (nSPS) is 16.2. The van der Waals surface area contributed by atoms with Gasteiger partial charge in [-0.15, -0.1) is 0 Å². The molecule has 3 N–H and O–H groups in total. The molecule has 0 saturated heterocycles. The molecule has 1 heterocycles. The van der Waals surface area contributed by atoms with Crippen LogP contribution in [0.5, 0.6) is 0 Å². The van der Waals surface area contributed by atoms with Crippen LogP contribution in [0, 0.1) is 0 Å². The van der Waals surface area contributed by atoms with Gasteiger partial charge in [-0.25, -0.2) is 10.8 Å². The number of hydrogen-bond donors (Lipinski definition) is 2. The second-order valence-electron chi connectivity index (χ2n) is 3.92. The van der Waals surface area contributed by atoms with Gasteiger partial charge in [0, 0.05) is 6.54 Å². The lowest BCUT2D eigenvalue weighted by molar-refractivity contribution is 0.364. The van der Waals surface area contributed by atoms with E-state index in [2.05, 4.69) is 22.2 Å². The molecule has 1 aromatic heterocycles. The number of nitrogens with zero attached hydrogens (tertiary/aromatic N) is 2. The Balaban J connectivity index is 2.01. The molecule has 0 atom stereocenters. The predicted octanol–water partition coefficient (Wildman–Crippen LogP) is 1.08. The average molecular weight is 222 g/mol. The van der Waals surface area contributed by atoms with Crippen molar-refractivity contribution in [3.05, 3.63) is 24.2 Å². The molecule has 0 spiro atoms. The van der Waals surface area contributed by atoms with Gasteiger partial charge in [0.25, 0.3) is 0 Å². The van der Waals surface area contributed by atoms with E-state index >= 15 is 0 Å². The van der Waals surface area contributed by atoms with Crippen LogP contribution >= 0.6 is 0 Å². The van der Waals surface area contributed by atoms with E-state index in [0.29, 0.717) is 12.6 Å². The summed E-state index contributed by atoms with van der Waals surface area (Å²) in [7, 11) is 0. The fourth-order valence-corrected chi connectivity index (χ4v) is 1.51. The van der Waals surface area contributed by atoms with Crippen LogP contribution in [0.25, 0.3) is 0 Å². The largest absolute Gasteiger partial charge is 0.467 e. The van der Waals surface area contributed by atoms with Gasteiger partial charge < -0.3 is 9.32 Å². The lowest BCUT2D eigenvalue weighted by atomic mass is 10.4. The molecule has 5 heteroatoms. The molecule has 88 valence electrons. The van der Waals surface area contributed by atoms with Crippen molar-refractivity contribution in [3.63, 3.8) is 0 Å². The van der Waals surface area contributed by atoms with E-state index in [-0.39, 0.29) is 0 Å². The number of nitrogens with two attached hydrogens (primary N) is 1. The lowest BCUT2D eigenvalue weighted by Crippen LogP contribution is -2.44. The number of guanidine groups is 1. The molecular formula is C11H18N4O. The third-order valence-corrected chi connectivity index (χ3v) is 2.59. The smallest absolute Gasteiger partial charge is 0.209 e.